The molecule has 3 aliphatic rings. The van der Waals surface area contributed by atoms with Crippen LogP contribution in [0.4, 0.5) is 0 Å². The highest BCUT2D eigenvalue weighted by atomic mass is 35.5. The van der Waals surface area contributed by atoms with Crippen LogP contribution in [-0.4, -0.2) is 36.6 Å². The molecule has 0 radical (unpaired) electrons. The van der Waals surface area contributed by atoms with Gasteiger partial charge in [-0.25, -0.2) is 5.01 Å². The Morgan fingerprint density at radius 2 is 1.89 bits per heavy atom. The van der Waals surface area contributed by atoms with E-state index in [2.05, 4.69) is 36.3 Å². The molecule has 2 aromatic rings. The first kappa shape index (κ1) is 17.4. The van der Waals surface area contributed by atoms with Gasteiger partial charge in [-0.05, 0) is 23.8 Å². The van der Waals surface area contributed by atoms with Gasteiger partial charge in [0.05, 0.1) is 54.8 Å². The van der Waals surface area contributed by atoms with Crippen molar-refractivity contribution in [3.63, 3.8) is 0 Å². The van der Waals surface area contributed by atoms with Gasteiger partial charge in [0.1, 0.15) is 5.75 Å². The van der Waals surface area contributed by atoms with E-state index in [4.69, 9.17) is 33.0 Å². The molecule has 1 atom stereocenters. The maximum Gasteiger partial charge on any atom is 0.208 e. The van der Waals surface area contributed by atoms with Crippen molar-refractivity contribution in [2.45, 2.75) is 31.0 Å². The molecule has 3 aliphatic heterocycles. The largest absolute Gasteiger partial charge is 0.466 e. The summed E-state index contributed by atoms with van der Waals surface area (Å²) in [6, 6.07) is 14.4. The van der Waals surface area contributed by atoms with Crippen molar-refractivity contribution >= 4 is 28.9 Å². The molecule has 5 rings (SSSR count). The number of nitrogens with one attached hydrogen (secondary N) is 1. The van der Waals surface area contributed by atoms with E-state index in [1.165, 1.54) is 5.56 Å². The highest BCUT2D eigenvalue weighted by molar-refractivity contribution is 6.42. The number of nitrogens with zero attached hydrogens (tertiary/aromatic N) is 2. The molecule has 1 saturated heterocycles. The van der Waals surface area contributed by atoms with Crippen LogP contribution in [0, 0.1) is 0 Å². The summed E-state index contributed by atoms with van der Waals surface area (Å²) in [7, 11) is 2.25. The topological polar surface area (TPSA) is 29.3 Å². The number of likely N-dealkylation sites (tertiary alicyclic amines) is 1. The van der Waals surface area contributed by atoms with Crippen LogP contribution in [0.2, 0.25) is 10.0 Å². The third-order valence-electron chi connectivity index (χ3n) is 6.04. The second kappa shape index (κ2) is 6.40. The number of fused-ring (bicyclic) bond motifs is 4. The second-order valence-electron chi connectivity index (χ2n) is 7.78. The zero-order valence-corrected chi connectivity index (χ0v) is 16.7. The summed E-state index contributed by atoms with van der Waals surface area (Å²) in [5, 5.41) is 8.44. The lowest BCUT2D eigenvalue weighted by atomic mass is 9.91. The maximum absolute atomic E-state index is 6.61. The lowest BCUT2D eigenvalue weighted by Crippen LogP contribution is -3.11. The number of halogens is 2. The molecule has 2 aromatic carbocycles. The number of rotatable bonds is 1. The van der Waals surface area contributed by atoms with E-state index >= 15 is 0 Å². The Labute approximate surface area is 169 Å². The number of quaternary nitrogens is 1. The maximum atomic E-state index is 6.61. The summed E-state index contributed by atoms with van der Waals surface area (Å²) < 4.78 is 6.61. The van der Waals surface area contributed by atoms with E-state index in [1.54, 1.807) is 4.90 Å². The third-order valence-corrected chi connectivity index (χ3v) is 6.78. The van der Waals surface area contributed by atoms with Gasteiger partial charge in [0.15, 0.2) is 0 Å². The van der Waals surface area contributed by atoms with Crippen molar-refractivity contribution in [1.82, 2.24) is 5.01 Å². The molecule has 0 aromatic heterocycles. The van der Waals surface area contributed by atoms with Crippen molar-refractivity contribution in [3.8, 4) is 5.75 Å². The lowest BCUT2D eigenvalue weighted by molar-refractivity contribution is -0.888. The first-order valence-corrected chi connectivity index (χ1v) is 10.2. The molecule has 0 amide bonds. The minimum Gasteiger partial charge on any atom is -0.466 e. The van der Waals surface area contributed by atoms with Gasteiger partial charge < -0.3 is 9.64 Å². The smallest absolute Gasteiger partial charge is 0.208 e. The number of ether oxygens (including phenoxy) is 1. The first-order chi connectivity index (χ1) is 13.1. The Kier molecular flexibility index (Phi) is 4.12. The summed E-state index contributed by atoms with van der Waals surface area (Å²) in [5.74, 6) is 1.00. The molecule has 0 aliphatic carbocycles. The van der Waals surface area contributed by atoms with Crippen LogP contribution in [-0.2, 0) is 0 Å². The molecule has 0 saturated carbocycles. The molecule has 3 heterocycles. The number of para-hydroxylation sites is 1. The molecule has 0 unspecified atom stereocenters. The standard InChI is InChI=1S/C21H21Cl2N3O/c1-25-10-8-21(9-11-25)26-19(15-4-2-3-5-20(15)27-21)13-18(24-26)14-6-7-16(22)17(23)12-14/h2-7,12,19H,8-11,13H2,1H3/p+1/t19-/m0/s1. The fraction of sp³-hybridized carbons (Fsp3) is 0.381. The van der Waals surface area contributed by atoms with Crippen LogP contribution in [0.3, 0.4) is 0 Å². The van der Waals surface area contributed by atoms with Crippen LogP contribution in [0.15, 0.2) is 47.6 Å². The second-order valence-corrected chi connectivity index (χ2v) is 8.60. The van der Waals surface area contributed by atoms with E-state index in [1.807, 2.05) is 18.2 Å². The first-order valence-electron chi connectivity index (χ1n) is 9.47. The molecule has 1 spiro atoms. The van der Waals surface area contributed by atoms with Crippen molar-refractivity contribution in [1.29, 1.82) is 0 Å². The average Bonchev–Trinajstić information content (AvgIpc) is 3.13. The van der Waals surface area contributed by atoms with Gasteiger partial charge in [0.2, 0.25) is 5.72 Å². The highest BCUT2D eigenvalue weighted by Crippen LogP contribution is 2.49. The van der Waals surface area contributed by atoms with Gasteiger partial charge in [0, 0.05) is 12.0 Å². The van der Waals surface area contributed by atoms with Crippen LogP contribution in [0.1, 0.15) is 36.4 Å². The lowest BCUT2D eigenvalue weighted by Gasteiger charge is -2.49. The summed E-state index contributed by atoms with van der Waals surface area (Å²) in [6.07, 6.45) is 2.80. The van der Waals surface area contributed by atoms with Crippen molar-refractivity contribution in [3.05, 3.63) is 63.6 Å². The Hall–Kier alpha value is -1.75. The fourth-order valence-electron chi connectivity index (χ4n) is 4.48. The molecular weight excluding hydrogens is 381 g/mol. The fourth-order valence-corrected chi connectivity index (χ4v) is 4.78. The van der Waals surface area contributed by atoms with E-state index in [0.29, 0.717) is 10.0 Å². The van der Waals surface area contributed by atoms with Gasteiger partial charge in [0.25, 0.3) is 0 Å². The van der Waals surface area contributed by atoms with E-state index in [-0.39, 0.29) is 11.8 Å². The zero-order chi connectivity index (χ0) is 18.6. The minimum absolute atomic E-state index is 0.206. The zero-order valence-electron chi connectivity index (χ0n) is 15.2. The minimum atomic E-state index is -0.351. The molecule has 6 heteroatoms. The Morgan fingerprint density at radius 3 is 2.67 bits per heavy atom. The van der Waals surface area contributed by atoms with E-state index in [9.17, 15) is 0 Å². The number of piperidine rings is 1. The number of hydrogen-bond acceptors (Lipinski definition) is 3. The van der Waals surface area contributed by atoms with Gasteiger partial charge in [-0.15, -0.1) is 0 Å². The highest BCUT2D eigenvalue weighted by Gasteiger charge is 2.52. The quantitative estimate of drug-likeness (QED) is 0.790. The van der Waals surface area contributed by atoms with Gasteiger partial charge in [-0.1, -0.05) is 47.5 Å². The summed E-state index contributed by atoms with van der Waals surface area (Å²) in [5.41, 5.74) is 2.94. The third kappa shape index (κ3) is 2.82. The summed E-state index contributed by atoms with van der Waals surface area (Å²) in [4.78, 5) is 1.55. The van der Waals surface area contributed by atoms with Crippen molar-refractivity contribution < 1.29 is 9.64 Å². The van der Waals surface area contributed by atoms with Crippen LogP contribution < -0.4 is 9.64 Å². The van der Waals surface area contributed by atoms with Crippen molar-refractivity contribution in [2.75, 3.05) is 20.1 Å². The molecule has 0 bridgehead atoms. The van der Waals surface area contributed by atoms with Gasteiger partial charge >= 0.3 is 0 Å². The predicted molar refractivity (Wildman–Crippen MR) is 108 cm³/mol. The Morgan fingerprint density at radius 1 is 1.11 bits per heavy atom. The van der Waals surface area contributed by atoms with Gasteiger partial charge in [-0.2, -0.15) is 5.10 Å². The van der Waals surface area contributed by atoms with Crippen LogP contribution in [0.5, 0.6) is 5.75 Å². The summed E-state index contributed by atoms with van der Waals surface area (Å²) in [6.45, 7) is 2.17. The Balaban J connectivity index is 1.58. The SMILES string of the molecule is C[NH+]1CCC2(CC1)Oc1ccccc1[C@@H]1CC(c3ccc(Cl)c(Cl)c3)=NN12. The Bertz CT molecular complexity index is 921. The molecule has 1 fully saturated rings. The number of benzene rings is 2. The molecular formula is C21H22Cl2N3O+. The predicted octanol–water partition coefficient (Wildman–Crippen LogP) is 3.54. The number of hydrazone groups is 1. The molecule has 1 N–H and O–H groups in total. The molecule has 140 valence electrons. The normalized spacial score (nSPS) is 29.1. The summed E-state index contributed by atoms with van der Waals surface area (Å²) >= 11 is 12.4. The average molecular weight is 403 g/mol. The van der Waals surface area contributed by atoms with Crippen LogP contribution >= 0.6 is 23.2 Å². The van der Waals surface area contributed by atoms with Gasteiger partial charge in [-0.3, -0.25) is 0 Å². The molecule has 4 nitrogen and oxygen atoms in total. The van der Waals surface area contributed by atoms with Crippen LogP contribution in [0.25, 0.3) is 0 Å². The monoisotopic (exact) mass is 402 g/mol. The van der Waals surface area contributed by atoms with E-state index in [0.717, 1.165) is 49.4 Å². The van der Waals surface area contributed by atoms with E-state index < -0.39 is 0 Å². The number of hydrogen-bond donors (Lipinski definition) is 1. The molecule has 27 heavy (non-hydrogen) atoms. The van der Waals surface area contributed by atoms with Crippen molar-refractivity contribution in [2.24, 2.45) is 5.10 Å².